The molecule has 3 nitrogen and oxygen atoms in total. The lowest BCUT2D eigenvalue weighted by Gasteiger charge is -2.36. The van der Waals surface area contributed by atoms with Crippen molar-refractivity contribution in [2.45, 2.75) is 58.7 Å². The van der Waals surface area contributed by atoms with Gasteiger partial charge < -0.3 is 5.32 Å². The Balaban J connectivity index is 1.83. The number of aromatic nitrogens is 2. The summed E-state index contributed by atoms with van der Waals surface area (Å²) >= 11 is 0. The number of hydrogen-bond donors (Lipinski definition) is 1. The molecule has 17 heavy (non-hydrogen) atoms. The third-order valence-electron chi connectivity index (χ3n) is 4.23. The molecule has 0 saturated heterocycles. The van der Waals surface area contributed by atoms with Gasteiger partial charge in [0.15, 0.2) is 0 Å². The summed E-state index contributed by atoms with van der Waals surface area (Å²) < 4.78 is 2.01. The molecule has 4 atom stereocenters. The molecule has 1 N–H and O–H groups in total. The van der Waals surface area contributed by atoms with E-state index < -0.39 is 0 Å². The molecule has 0 aromatic carbocycles. The third-order valence-corrected chi connectivity index (χ3v) is 4.23. The summed E-state index contributed by atoms with van der Waals surface area (Å²) in [5, 5.41) is 8.04. The highest BCUT2D eigenvalue weighted by atomic mass is 15.3. The van der Waals surface area contributed by atoms with Crippen LogP contribution >= 0.6 is 0 Å². The lowest BCUT2D eigenvalue weighted by molar-refractivity contribution is 0.191. The van der Waals surface area contributed by atoms with Crippen molar-refractivity contribution in [3.63, 3.8) is 0 Å². The van der Waals surface area contributed by atoms with Crippen molar-refractivity contribution >= 4 is 0 Å². The first kappa shape index (κ1) is 12.6. The lowest BCUT2D eigenvalue weighted by atomic mass is 9.78. The van der Waals surface area contributed by atoms with Crippen LogP contribution in [0.1, 0.15) is 40.0 Å². The number of rotatable bonds is 4. The molecule has 1 saturated carbocycles. The van der Waals surface area contributed by atoms with E-state index in [-0.39, 0.29) is 0 Å². The molecule has 0 spiro atoms. The molecule has 0 aliphatic heterocycles. The maximum Gasteiger partial charge on any atom is 0.0560 e. The minimum absolute atomic E-state index is 0.493. The fraction of sp³-hybridized carbons (Fsp3) is 0.786. The summed E-state index contributed by atoms with van der Waals surface area (Å²) in [6.45, 7) is 8.00. The van der Waals surface area contributed by atoms with E-state index in [9.17, 15) is 0 Å². The van der Waals surface area contributed by atoms with Crippen molar-refractivity contribution in [2.24, 2.45) is 11.8 Å². The first-order valence-electron chi connectivity index (χ1n) is 6.90. The maximum absolute atomic E-state index is 4.26. The Morgan fingerprint density at radius 3 is 2.94 bits per heavy atom. The molecule has 1 fully saturated rings. The van der Waals surface area contributed by atoms with Gasteiger partial charge >= 0.3 is 0 Å². The SMILES string of the molecule is CC(Cn1cccn1)NC1CCCC(C)C1C. The van der Waals surface area contributed by atoms with Crippen LogP contribution in [0.3, 0.4) is 0 Å². The summed E-state index contributed by atoms with van der Waals surface area (Å²) in [7, 11) is 0. The normalized spacial score (nSPS) is 31.4. The molecule has 3 heteroatoms. The molecule has 1 aromatic rings. The van der Waals surface area contributed by atoms with Gasteiger partial charge in [0.1, 0.15) is 0 Å². The van der Waals surface area contributed by atoms with Gasteiger partial charge in [0.25, 0.3) is 0 Å². The summed E-state index contributed by atoms with van der Waals surface area (Å²) in [6, 6.07) is 3.16. The van der Waals surface area contributed by atoms with Crippen LogP contribution in [-0.2, 0) is 6.54 Å². The molecule has 4 unspecified atom stereocenters. The Morgan fingerprint density at radius 2 is 2.24 bits per heavy atom. The number of nitrogens with zero attached hydrogens (tertiary/aromatic N) is 2. The largest absolute Gasteiger partial charge is 0.309 e. The molecule has 1 aromatic heterocycles. The predicted molar refractivity (Wildman–Crippen MR) is 70.8 cm³/mol. The first-order chi connectivity index (χ1) is 8.16. The Morgan fingerprint density at radius 1 is 1.41 bits per heavy atom. The van der Waals surface area contributed by atoms with E-state index in [0.29, 0.717) is 12.1 Å². The second-order valence-electron chi connectivity index (χ2n) is 5.67. The van der Waals surface area contributed by atoms with Gasteiger partial charge in [0, 0.05) is 24.5 Å². The van der Waals surface area contributed by atoms with Crippen LogP contribution in [0.5, 0.6) is 0 Å². The second kappa shape index (κ2) is 5.67. The fourth-order valence-corrected chi connectivity index (χ4v) is 2.92. The maximum atomic E-state index is 4.26. The predicted octanol–water partition coefficient (Wildman–Crippen LogP) is 2.69. The van der Waals surface area contributed by atoms with Crippen molar-refractivity contribution in [3.8, 4) is 0 Å². The average molecular weight is 235 g/mol. The van der Waals surface area contributed by atoms with E-state index in [0.717, 1.165) is 18.4 Å². The fourth-order valence-electron chi connectivity index (χ4n) is 2.92. The van der Waals surface area contributed by atoms with E-state index >= 15 is 0 Å². The molecular weight excluding hydrogens is 210 g/mol. The molecule has 0 radical (unpaired) electrons. The standard InChI is InChI=1S/C14H25N3/c1-11-6-4-7-14(13(11)3)16-12(2)10-17-9-5-8-15-17/h5,8-9,11-14,16H,4,6-7,10H2,1-3H3. The molecule has 96 valence electrons. The van der Waals surface area contributed by atoms with Gasteiger partial charge in [-0.15, -0.1) is 0 Å². The molecule has 1 heterocycles. The van der Waals surface area contributed by atoms with Crippen LogP contribution in [0.2, 0.25) is 0 Å². The van der Waals surface area contributed by atoms with Crippen LogP contribution in [0.25, 0.3) is 0 Å². The number of nitrogens with one attached hydrogen (secondary N) is 1. The summed E-state index contributed by atoms with van der Waals surface area (Å²) in [5.41, 5.74) is 0. The van der Waals surface area contributed by atoms with E-state index in [1.165, 1.54) is 19.3 Å². The van der Waals surface area contributed by atoms with Gasteiger partial charge in [-0.25, -0.2) is 0 Å². The molecular formula is C14H25N3. The molecule has 0 amide bonds. The summed E-state index contributed by atoms with van der Waals surface area (Å²) in [4.78, 5) is 0. The minimum atomic E-state index is 0.493. The number of hydrogen-bond acceptors (Lipinski definition) is 2. The van der Waals surface area contributed by atoms with Crippen molar-refractivity contribution < 1.29 is 0 Å². The zero-order chi connectivity index (χ0) is 12.3. The van der Waals surface area contributed by atoms with Crippen LogP contribution in [-0.4, -0.2) is 21.9 Å². The lowest BCUT2D eigenvalue weighted by Crippen LogP contribution is -2.46. The summed E-state index contributed by atoms with van der Waals surface area (Å²) in [6.07, 6.45) is 7.97. The van der Waals surface area contributed by atoms with Crippen molar-refractivity contribution in [3.05, 3.63) is 18.5 Å². The van der Waals surface area contributed by atoms with E-state index in [2.05, 4.69) is 31.2 Å². The molecule has 1 aliphatic carbocycles. The third kappa shape index (κ3) is 3.32. The first-order valence-corrected chi connectivity index (χ1v) is 6.90. The Labute approximate surface area is 105 Å². The Kier molecular flexibility index (Phi) is 4.21. The van der Waals surface area contributed by atoms with Gasteiger partial charge in [-0.3, -0.25) is 4.68 Å². The van der Waals surface area contributed by atoms with Gasteiger partial charge in [-0.1, -0.05) is 26.7 Å². The van der Waals surface area contributed by atoms with Crippen LogP contribution in [0.4, 0.5) is 0 Å². The Bertz CT molecular complexity index is 320. The zero-order valence-electron chi connectivity index (χ0n) is 11.3. The molecule has 0 bridgehead atoms. The topological polar surface area (TPSA) is 29.9 Å². The minimum Gasteiger partial charge on any atom is -0.309 e. The van der Waals surface area contributed by atoms with Crippen LogP contribution in [0.15, 0.2) is 18.5 Å². The van der Waals surface area contributed by atoms with E-state index in [4.69, 9.17) is 0 Å². The highest BCUT2D eigenvalue weighted by molar-refractivity contribution is 4.85. The van der Waals surface area contributed by atoms with Crippen LogP contribution in [0, 0.1) is 11.8 Å². The quantitative estimate of drug-likeness (QED) is 0.869. The average Bonchev–Trinajstić information content (AvgIpc) is 2.77. The van der Waals surface area contributed by atoms with Crippen molar-refractivity contribution in [2.75, 3.05) is 0 Å². The van der Waals surface area contributed by atoms with Crippen molar-refractivity contribution in [1.29, 1.82) is 0 Å². The van der Waals surface area contributed by atoms with Gasteiger partial charge in [0.05, 0.1) is 6.54 Å². The highest BCUT2D eigenvalue weighted by Crippen LogP contribution is 2.29. The summed E-state index contributed by atoms with van der Waals surface area (Å²) in [5.74, 6) is 1.65. The smallest absolute Gasteiger partial charge is 0.0560 e. The molecule has 1 aliphatic rings. The van der Waals surface area contributed by atoms with Gasteiger partial charge in [-0.2, -0.15) is 5.10 Å². The van der Waals surface area contributed by atoms with E-state index in [1.807, 2.05) is 23.1 Å². The van der Waals surface area contributed by atoms with Crippen LogP contribution < -0.4 is 5.32 Å². The Hall–Kier alpha value is -0.830. The second-order valence-corrected chi connectivity index (χ2v) is 5.67. The van der Waals surface area contributed by atoms with Crippen molar-refractivity contribution in [1.82, 2.24) is 15.1 Å². The van der Waals surface area contributed by atoms with E-state index in [1.54, 1.807) is 0 Å². The van der Waals surface area contributed by atoms with Gasteiger partial charge in [-0.05, 0) is 31.2 Å². The zero-order valence-corrected chi connectivity index (χ0v) is 11.3. The monoisotopic (exact) mass is 235 g/mol. The highest BCUT2D eigenvalue weighted by Gasteiger charge is 2.27. The molecule has 2 rings (SSSR count). The van der Waals surface area contributed by atoms with Gasteiger partial charge in [0.2, 0.25) is 0 Å².